The highest BCUT2D eigenvalue weighted by Crippen LogP contribution is 2.23. The Bertz CT molecular complexity index is 558. The summed E-state index contributed by atoms with van der Waals surface area (Å²) in [6, 6.07) is 7.33. The molecule has 100 valence electrons. The number of rotatable bonds is 4. The lowest BCUT2D eigenvalue weighted by molar-refractivity contribution is 0.0774. The van der Waals surface area contributed by atoms with Crippen molar-refractivity contribution in [3.8, 4) is 11.3 Å². The maximum Gasteiger partial charge on any atom is 0.257 e. The van der Waals surface area contributed by atoms with Gasteiger partial charge in [0.05, 0.1) is 17.5 Å². The molecule has 2 rings (SSSR count). The summed E-state index contributed by atoms with van der Waals surface area (Å²) >= 11 is 5.87. The molecule has 19 heavy (non-hydrogen) atoms. The number of carbonyl (C=O) groups is 1. The largest absolute Gasteiger partial charge is 0.339 e. The number of halogens is 1. The predicted molar refractivity (Wildman–Crippen MR) is 76.3 cm³/mol. The highest BCUT2D eigenvalue weighted by atomic mass is 35.5. The van der Waals surface area contributed by atoms with Gasteiger partial charge in [-0.3, -0.25) is 9.89 Å². The number of aromatic nitrogens is 2. The maximum absolute atomic E-state index is 12.4. The van der Waals surface area contributed by atoms with E-state index in [0.29, 0.717) is 23.7 Å². The SMILES string of the molecule is CCN(CC)C(=O)c1cn[nH]c1-c1ccc(Cl)cc1. The van der Waals surface area contributed by atoms with Crippen molar-refractivity contribution in [2.75, 3.05) is 13.1 Å². The lowest BCUT2D eigenvalue weighted by Crippen LogP contribution is -2.30. The first-order valence-corrected chi connectivity index (χ1v) is 6.63. The molecule has 1 aromatic carbocycles. The molecule has 0 radical (unpaired) electrons. The third-order valence-corrected chi connectivity index (χ3v) is 3.31. The van der Waals surface area contributed by atoms with Crippen molar-refractivity contribution in [3.63, 3.8) is 0 Å². The number of H-pyrrole nitrogens is 1. The summed E-state index contributed by atoms with van der Waals surface area (Å²) < 4.78 is 0. The zero-order valence-electron chi connectivity index (χ0n) is 11.0. The van der Waals surface area contributed by atoms with Gasteiger partial charge in [-0.2, -0.15) is 5.10 Å². The first kappa shape index (κ1) is 13.6. The smallest absolute Gasteiger partial charge is 0.257 e. The summed E-state index contributed by atoms with van der Waals surface area (Å²) in [6.45, 7) is 5.29. The Morgan fingerprint density at radius 3 is 2.47 bits per heavy atom. The Labute approximate surface area is 117 Å². The quantitative estimate of drug-likeness (QED) is 0.933. The number of benzene rings is 1. The van der Waals surface area contributed by atoms with Crippen molar-refractivity contribution in [1.82, 2.24) is 15.1 Å². The van der Waals surface area contributed by atoms with Crippen LogP contribution < -0.4 is 0 Å². The summed E-state index contributed by atoms with van der Waals surface area (Å²) in [7, 11) is 0. The molecule has 1 N–H and O–H groups in total. The highest BCUT2D eigenvalue weighted by molar-refractivity contribution is 6.30. The van der Waals surface area contributed by atoms with Crippen LogP contribution in [-0.2, 0) is 0 Å². The van der Waals surface area contributed by atoms with Crippen LogP contribution in [0, 0.1) is 0 Å². The molecule has 0 aliphatic carbocycles. The van der Waals surface area contributed by atoms with Crippen molar-refractivity contribution in [2.45, 2.75) is 13.8 Å². The van der Waals surface area contributed by atoms with Crippen LogP contribution in [0.3, 0.4) is 0 Å². The zero-order chi connectivity index (χ0) is 13.8. The fraction of sp³-hybridized carbons (Fsp3) is 0.286. The lowest BCUT2D eigenvalue weighted by atomic mass is 10.1. The van der Waals surface area contributed by atoms with E-state index in [-0.39, 0.29) is 5.91 Å². The Balaban J connectivity index is 2.37. The van der Waals surface area contributed by atoms with E-state index in [9.17, 15) is 4.79 Å². The first-order valence-electron chi connectivity index (χ1n) is 6.26. The molecule has 1 heterocycles. The van der Waals surface area contributed by atoms with Crippen molar-refractivity contribution in [1.29, 1.82) is 0 Å². The van der Waals surface area contributed by atoms with Crippen molar-refractivity contribution >= 4 is 17.5 Å². The van der Waals surface area contributed by atoms with Gasteiger partial charge in [-0.15, -0.1) is 0 Å². The molecular weight excluding hydrogens is 262 g/mol. The number of carbonyl (C=O) groups excluding carboxylic acids is 1. The maximum atomic E-state index is 12.4. The number of nitrogens with one attached hydrogen (secondary N) is 1. The molecule has 0 atom stereocenters. The van der Waals surface area contributed by atoms with Crippen molar-refractivity contribution in [3.05, 3.63) is 41.0 Å². The second kappa shape index (κ2) is 5.89. The van der Waals surface area contributed by atoms with Crippen LogP contribution in [-0.4, -0.2) is 34.1 Å². The van der Waals surface area contributed by atoms with Crippen LogP contribution in [0.5, 0.6) is 0 Å². The van der Waals surface area contributed by atoms with Gasteiger partial charge in [0.25, 0.3) is 5.91 Å². The van der Waals surface area contributed by atoms with Gasteiger partial charge in [0.1, 0.15) is 0 Å². The van der Waals surface area contributed by atoms with Gasteiger partial charge in [-0.05, 0) is 26.0 Å². The number of aromatic amines is 1. The summed E-state index contributed by atoms with van der Waals surface area (Å²) in [5.41, 5.74) is 2.22. The second-order valence-electron chi connectivity index (χ2n) is 4.14. The molecule has 2 aromatic rings. The average Bonchev–Trinajstić information content (AvgIpc) is 2.90. The van der Waals surface area contributed by atoms with Crippen LogP contribution in [0.4, 0.5) is 0 Å². The number of nitrogens with zero attached hydrogens (tertiary/aromatic N) is 2. The van der Waals surface area contributed by atoms with E-state index in [2.05, 4.69) is 10.2 Å². The highest BCUT2D eigenvalue weighted by Gasteiger charge is 2.19. The number of amides is 1. The minimum atomic E-state index is -0.0105. The standard InChI is InChI=1S/C14H16ClN3O/c1-3-18(4-2)14(19)12-9-16-17-13(12)10-5-7-11(15)8-6-10/h5-9H,3-4H2,1-2H3,(H,16,17). The topological polar surface area (TPSA) is 49.0 Å². The van der Waals surface area contributed by atoms with Crippen molar-refractivity contribution in [2.24, 2.45) is 0 Å². The molecule has 5 heteroatoms. The Hall–Kier alpha value is -1.81. The van der Waals surface area contributed by atoms with E-state index >= 15 is 0 Å². The van der Waals surface area contributed by atoms with Gasteiger partial charge >= 0.3 is 0 Å². The van der Waals surface area contributed by atoms with Crippen LogP contribution in [0.2, 0.25) is 5.02 Å². The zero-order valence-corrected chi connectivity index (χ0v) is 11.7. The van der Waals surface area contributed by atoms with Gasteiger partial charge in [-0.25, -0.2) is 0 Å². The Morgan fingerprint density at radius 2 is 1.89 bits per heavy atom. The van der Waals surface area contributed by atoms with Crippen LogP contribution in [0.1, 0.15) is 24.2 Å². The second-order valence-corrected chi connectivity index (χ2v) is 4.58. The van der Waals surface area contributed by atoms with Crippen LogP contribution >= 0.6 is 11.6 Å². The van der Waals surface area contributed by atoms with E-state index in [0.717, 1.165) is 11.3 Å². The third-order valence-electron chi connectivity index (χ3n) is 3.05. The molecule has 0 aliphatic heterocycles. The van der Waals surface area contributed by atoms with Crippen LogP contribution in [0.15, 0.2) is 30.5 Å². The third kappa shape index (κ3) is 2.79. The van der Waals surface area contributed by atoms with Gasteiger partial charge in [-0.1, -0.05) is 23.7 Å². The van der Waals surface area contributed by atoms with Crippen molar-refractivity contribution < 1.29 is 4.79 Å². The van der Waals surface area contributed by atoms with Gasteiger partial charge < -0.3 is 4.90 Å². The molecule has 0 aliphatic rings. The number of hydrogen-bond acceptors (Lipinski definition) is 2. The van der Waals surface area contributed by atoms with E-state index in [1.807, 2.05) is 26.0 Å². The lowest BCUT2D eigenvalue weighted by Gasteiger charge is -2.18. The number of hydrogen-bond donors (Lipinski definition) is 1. The van der Waals surface area contributed by atoms with E-state index in [1.54, 1.807) is 23.2 Å². The van der Waals surface area contributed by atoms with E-state index < -0.39 is 0 Å². The molecule has 0 spiro atoms. The Morgan fingerprint density at radius 1 is 1.26 bits per heavy atom. The molecule has 0 bridgehead atoms. The molecule has 4 nitrogen and oxygen atoms in total. The molecular formula is C14H16ClN3O. The fourth-order valence-corrected chi connectivity index (χ4v) is 2.09. The summed E-state index contributed by atoms with van der Waals surface area (Å²) in [6.07, 6.45) is 1.57. The molecule has 1 amide bonds. The predicted octanol–water partition coefficient (Wildman–Crippen LogP) is 3.21. The van der Waals surface area contributed by atoms with Crippen LogP contribution in [0.25, 0.3) is 11.3 Å². The normalized spacial score (nSPS) is 10.5. The minimum absolute atomic E-state index is 0.0105. The first-order chi connectivity index (χ1) is 9.17. The average molecular weight is 278 g/mol. The molecule has 0 unspecified atom stereocenters. The molecule has 1 aromatic heterocycles. The van der Waals surface area contributed by atoms with Gasteiger partial charge in [0.15, 0.2) is 0 Å². The fourth-order valence-electron chi connectivity index (χ4n) is 1.97. The molecule has 0 fully saturated rings. The Kier molecular flexibility index (Phi) is 4.22. The van der Waals surface area contributed by atoms with Gasteiger partial charge in [0, 0.05) is 23.7 Å². The molecule has 0 saturated heterocycles. The summed E-state index contributed by atoms with van der Waals surface area (Å²) in [4.78, 5) is 14.1. The van der Waals surface area contributed by atoms with E-state index in [1.165, 1.54) is 0 Å². The van der Waals surface area contributed by atoms with Gasteiger partial charge in [0.2, 0.25) is 0 Å². The monoisotopic (exact) mass is 277 g/mol. The summed E-state index contributed by atoms with van der Waals surface area (Å²) in [5, 5.41) is 7.54. The molecule has 0 saturated carbocycles. The van der Waals surface area contributed by atoms with E-state index in [4.69, 9.17) is 11.6 Å². The minimum Gasteiger partial charge on any atom is -0.339 e. The summed E-state index contributed by atoms with van der Waals surface area (Å²) in [5.74, 6) is -0.0105.